The molecule has 7 heteroatoms. The van der Waals surface area contributed by atoms with Gasteiger partial charge in [0.05, 0.1) is 0 Å². The zero-order valence-electron chi connectivity index (χ0n) is 17.9. The van der Waals surface area contributed by atoms with E-state index in [-0.39, 0.29) is 11.8 Å². The molecule has 1 aliphatic rings. The monoisotopic (exact) mass is 417 g/mol. The molecule has 2 aromatic carbocycles. The highest BCUT2D eigenvalue weighted by Crippen LogP contribution is 2.26. The lowest BCUT2D eigenvalue weighted by Gasteiger charge is -2.19. The van der Waals surface area contributed by atoms with Gasteiger partial charge in [-0.3, -0.25) is 14.3 Å². The van der Waals surface area contributed by atoms with Crippen LogP contribution < -0.4 is 15.5 Å². The molecule has 0 atom stereocenters. The van der Waals surface area contributed by atoms with Gasteiger partial charge in [0.15, 0.2) is 0 Å². The van der Waals surface area contributed by atoms with Crippen LogP contribution in [-0.4, -0.2) is 41.2 Å². The highest BCUT2D eigenvalue weighted by Gasteiger charge is 2.18. The second-order valence-electron chi connectivity index (χ2n) is 7.64. The number of hydrogen-bond acceptors (Lipinski definition) is 4. The lowest BCUT2D eigenvalue weighted by atomic mass is 10.1. The molecule has 1 aliphatic heterocycles. The summed E-state index contributed by atoms with van der Waals surface area (Å²) in [7, 11) is 0. The molecule has 0 spiro atoms. The number of aryl methyl sites for hydroxylation is 2. The molecule has 0 radical (unpaired) electrons. The van der Waals surface area contributed by atoms with Crippen molar-refractivity contribution in [3.05, 3.63) is 77.1 Å². The number of para-hydroxylation sites is 1. The van der Waals surface area contributed by atoms with Gasteiger partial charge in [0.2, 0.25) is 0 Å². The Morgan fingerprint density at radius 2 is 1.94 bits per heavy atom. The van der Waals surface area contributed by atoms with Crippen LogP contribution >= 0.6 is 0 Å². The second-order valence-corrected chi connectivity index (χ2v) is 7.64. The summed E-state index contributed by atoms with van der Waals surface area (Å²) in [4.78, 5) is 27.6. The third-order valence-electron chi connectivity index (χ3n) is 5.65. The maximum Gasteiger partial charge on any atom is 0.273 e. The van der Waals surface area contributed by atoms with Crippen LogP contribution in [0.4, 0.5) is 11.4 Å². The van der Waals surface area contributed by atoms with Gasteiger partial charge in [-0.15, -0.1) is 0 Å². The molecule has 31 heavy (non-hydrogen) atoms. The molecule has 2 N–H and O–H groups in total. The van der Waals surface area contributed by atoms with Gasteiger partial charge in [-0.25, -0.2) is 0 Å². The summed E-state index contributed by atoms with van der Waals surface area (Å²) in [5, 5.41) is 10.0. The Kier molecular flexibility index (Phi) is 6.02. The molecular formula is C24H27N5O2. The van der Waals surface area contributed by atoms with Crippen LogP contribution in [0.25, 0.3) is 0 Å². The largest absolute Gasteiger partial charge is 0.369 e. The van der Waals surface area contributed by atoms with Crippen LogP contribution in [0.3, 0.4) is 0 Å². The first kappa shape index (κ1) is 20.7. The van der Waals surface area contributed by atoms with Crippen LogP contribution in [0.15, 0.2) is 54.7 Å². The SMILES string of the molecule is CCn1nccc1C(=O)Nc1cc(C(=O)NCCN2CCc3ccccc32)ccc1C. The summed E-state index contributed by atoms with van der Waals surface area (Å²) in [6, 6.07) is 15.4. The lowest BCUT2D eigenvalue weighted by Crippen LogP contribution is -2.34. The minimum absolute atomic E-state index is 0.151. The van der Waals surface area contributed by atoms with E-state index < -0.39 is 0 Å². The third-order valence-corrected chi connectivity index (χ3v) is 5.65. The Morgan fingerprint density at radius 3 is 2.77 bits per heavy atom. The molecule has 160 valence electrons. The van der Waals surface area contributed by atoms with E-state index in [1.54, 1.807) is 29.1 Å². The van der Waals surface area contributed by atoms with E-state index in [0.29, 0.717) is 30.0 Å². The summed E-state index contributed by atoms with van der Waals surface area (Å²) in [5.41, 5.74) is 5.13. The summed E-state index contributed by atoms with van der Waals surface area (Å²) < 4.78 is 1.64. The Labute approximate surface area is 182 Å². The molecule has 1 aromatic heterocycles. The van der Waals surface area contributed by atoms with Crippen LogP contribution in [0.1, 0.15) is 38.9 Å². The van der Waals surface area contributed by atoms with Crippen molar-refractivity contribution in [2.75, 3.05) is 29.9 Å². The molecule has 3 aromatic rings. The molecule has 2 heterocycles. The molecule has 0 bridgehead atoms. The number of carbonyl (C=O) groups is 2. The van der Waals surface area contributed by atoms with E-state index in [9.17, 15) is 9.59 Å². The van der Waals surface area contributed by atoms with E-state index in [1.165, 1.54) is 11.3 Å². The van der Waals surface area contributed by atoms with Crippen LogP contribution in [0.2, 0.25) is 0 Å². The fourth-order valence-corrected chi connectivity index (χ4v) is 3.91. The minimum atomic E-state index is -0.243. The van der Waals surface area contributed by atoms with E-state index >= 15 is 0 Å². The van der Waals surface area contributed by atoms with Crippen molar-refractivity contribution in [1.29, 1.82) is 0 Å². The van der Waals surface area contributed by atoms with Crippen molar-refractivity contribution in [1.82, 2.24) is 15.1 Å². The molecule has 0 unspecified atom stereocenters. The Morgan fingerprint density at radius 1 is 1.10 bits per heavy atom. The zero-order chi connectivity index (χ0) is 21.8. The van der Waals surface area contributed by atoms with Gasteiger partial charge in [0.1, 0.15) is 5.69 Å². The number of hydrogen-bond donors (Lipinski definition) is 2. The van der Waals surface area contributed by atoms with Crippen molar-refractivity contribution < 1.29 is 9.59 Å². The minimum Gasteiger partial charge on any atom is -0.369 e. The first-order valence-corrected chi connectivity index (χ1v) is 10.6. The summed E-state index contributed by atoms with van der Waals surface area (Å²) in [6.07, 6.45) is 2.65. The van der Waals surface area contributed by atoms with Gasteiger partial charge in [0.25, 0.3) is 11.8 Å². The van der Waals surface area contributed by atoms with Crippen molar-refractivity contribution in [3.63, 3.8) is 0 Å². The Hall–Kier alpha value is -3.61. The normalized spacial score (nSPS) is 12.5. The fraction of sp³-hybridized carbons (Fsp3) is 0.292. The molecule has 4 rings (SSSR count). The van der Waals surface area contributed by atoms with Crippen LogP contribution in [0, 0.1) is 6.92 Å². The standard InChI is InChI=1S/C24H27N5O2/c1-3-29-22(10-12-26-29)24(31)27-20-16-19(9-8-17(20)2)23(30)25-13-15-28-14-11-18-6-4-5-7-21(18)28/h4-10,12,16H,3,11,13-15H2,1-2H3,(H,25,30)(H,27,31). The number of amides is 2. The van der Waals surface area contributed by atoms with Gasteiger partial charge in [-0.2, -0.15) is 5.10 Å². The third kappa shape index (κ3) is 4.45. The number of aromatic nitrogens is 2. The Balaban J connectivity index is 1.37. The maximum atomic E-state index is 12.7. The zero-order valence-corrected chi connectivity index (χ0v) is 17.9. The number of nitrogens with zero attached hydrogens (tertiary/aromatic N) is 3. The summed E-state index contributed by atoms with van der Waals surface area (Å²) >= 11 is 0. The van der Waals surface area contributed by atoms with Gasteiger partial charge in [-0.1, -0.05) is 24.3 Å². The van der Waals surface area contributed by atoms with Gasteiger partial charge < -0.3 is 15.5 Å². The number of anilines is 2. The number of benzene rings is 2. The molecule has 0 saturated heterocycles. The average Bonchev–Trinajstić information content (AvgIpc) is 3.42. The molecule has 7 nitrogen and oxygen atoms in total. The average molecular weight is 418 g/mol. The van der Waals surface area contributed by atoms with Gasteiger partial charge in [-0.05, 0) is 55.7 Å². The van der Waals surface area contributed by atoms with Crippen molar-refractivity contribution >= 4 is 23.2 Å². The smallest absolute Gasteiger partial charge is 0.273 e. The van der Waals surface area contributed by atoms with Crippen molar-refractivity contribution in [2.24, 2.45) is 0 Å². The van der Waals surface area contributed by atoms with E-state index in [0.717, 1.165) is 25.1 Å². The molecule has 2 amide bonds. The lowest BCUT2D eigenvalue weighted by molar-refractivity contribution is 0.0953. The Bertz CT molecular complexity index is 1100. The predicted octanol–water partition coefficient (Wildman–Crippen LogP) is 3.26. The van der Waals surface area contributed by atoms with Crippen LogP contribution in [-0.2, 0) is 13.0 Å². The van der Waals surface area contributed by atoms with Crippen molar-refractivity contribution in [2.45, 2.75) is 26.8 Å². The summed E-state index contributed by atoms with van der Waals surface area (Å²) in [5.74, 6) is -0.394. The number of fused-ring (bicyclic) bond motifs is 1. The maximum absolute atomic E-state index is 12.7. The van der Waals surface area contributed by atoms with Crippen LogP contribution in [0.5, 0.6) is 0 Å². The number of rotatable bonds is 7. The highest BCUT2D eigenvalue weighted by molar-refractivity contribution is 6.04. The highest BCUT2D eigenvalue weighted by atomic mass is 16.2. The molecule has 0 aliphatic carbocycles. The first-order valence-electron chi connectivity index (χ1n) is 10.6. The fourth-order valence-electron chi connectivity index (χ4n) is 3.91. The van der Waals surface area contributed by atoms with Crippen molar-refractivity contribution in [3.8, 4) is 0 Å². The quantitative estimate of drug-likeness (QED) is 0.619. The van der Waals surface area contributed by atoms with Gasteiger partial charge in [0, 0.05) is 49.3 Å². The predicted molar refractivity (Wildman–Crippen MR) is 122 cm³/mol. The first-order chi connectivity index (χ1) is 15.1. The molecular weight excluding hydrogens is 390 g/mol. The van der Waals surface area contributed by atoms with E-state index in [2.05, 4.69) is 38.8 Å². The summed E-state index contributed by atoms with van der Waals surface area (Å²) in [6.45, 7) is 6.74. The van der Waals surface area contributed by atoms with E-state index in [1.807, 2.05) is 26.0 Å². The molecule has 0 saturated carbocycles. The van der Waals surface area contributed by atoms with E-state index in [4.69, 9.17) is 0 Å². The number of nitrogens with one attached hydrogen (secondary N) is 2. The topological polar surface area (TPSA) is 79.3 Å². The second kappa shape index (κ2) is 9.04. The molecule has 0 fully saturated rings. The number of carbonyl (C=O) groups excluding carboxylic acids is 2. The van der Waals surface area contributed by atoms with Gasteiger partial charge >= 0.3 is 0 Å².